The molecule has 1 aliphatic heterocycles. The first-order chi connectivity index (χ1) is 12.2. The molecule has 0 radical (unpaired) electrons. The summed E-state index contributed by atoms with van der Waals surface area (Å²) in [6.07, 6.45) is 5.68. The van der Waals surface area contributed by atoms with E-state index in [1.54, 1.807) is 26.4 Å². The van der Waals surface area contributed by atoms with Crippen LogP contribution < -0.4 is 9.47 Å². The summed E-state index contributed by atoms with van der Waals surface area (Å²) in [7, 11) is 3.20. The van der Waals surface area contributed by atoms with Crippen molar-refractivity contribution in [3.05, 3.63) is 23.8 Å². The van der Waals surface area contributed by atoms with E-state index in [0.717, 1.165) is 44.1 Å². The van der Waals surface area contributed by atoms with Gasteiger partial charge in [0.25, 0.3) is 5.91 Å². The number of carbonyl (C=O) groups is 1. The molecule has 1 aromatic rings. The van der Waals surface area contributed by atoms with Gasteiger partial charge < -0.3 is 14.4 Å². The maximum atomic E-state index is 12.8. The molecule has 1 heterocycles. The highest BCUT2D eigenvalue weighted by atomic mass is 16.5. The van der Waals surface area contributed by atoms with Gasteiger partial charge in [-0.3, -0.25) is 9.69 Å². The van der Waals surface area contributed by atoms with Gasteiger partial charge in [0.15, 0.2) is 11.5 Å². The number of nitrogens with zero attached hydrogens (tertiary/aromatic N) is 2. The molecule has 5 heteroatoms. The number of amides is 1. The number of hydrogen-bond donors (Lipinski definition) is 0. The average molecular weight is 344 g/mol. The van der Waals surface area contributed by atoms with Gasteiger partial charge >= 0.3 is 0 Å². The van der Waals surface area contributed by atoms with Crippen LogP contribution >= 0.6 is 0 Å². The van der Waals surface area contributed by atoms with Crippen molar-refractivity contribution in [3.8, 4) is 11.5 Å². The van der Waals surface area contributed by atoms with E-state index in [4.69, 9.17) is 9.47 Å². The molecule has 1 amide bonds. The van der Waals surface area contributed by atoms with E-state index in [1.165, 1.54) is 25.7 Å². The summed E-state index contributed by atoms with van der Waals surface area (Å²) in [6.45, 7) is 3.65. The fourth-order valence-electron chi connectivity index (χ4n) is 5.07. The normalized spacial score (nSPS) is 29.0. The van der Waals surface area contributed by atoms with E-state index < -0.39 is 0 Å². The van der Waals surface area contributed by atoms with Crippen LogP contribution in [0.15, 0.2) is 18.2 Å². The summed E-state index contributed by atoms with van der Waals surface area (Å²) in [4.78, 5) is 17.5. The first kappa shape index (κ1) is 16.7. The van der Waals surface area contributed by atoms with Crippen LogP contribution in [0.1, 0.15) is 36.0 Å². The van der Waals surface area contributed by atoms with Gasteiger partial charge in [-0.1, -0.05) is 6.42 Å². The van der Waals surface area contributed by atoms with E-state index >= 15 is 0 Å². The third-order valence-electron chi connectivity index (χ3n) is 6.40. The zero-order valence-electron chi connectivity index (χ0n) is 15.2. The lowest BCUT2D eigenvalue weighted by Gasteiger charge is -2.41. The minimum Gasteiger partial charge on any atom is -0.493 e. The van der Waals surface area contributed by atoms with E-state index in [9.17, 15) is 4.79 Å². The zero-order valence-corrected chi connectivity index (χ0v) is 15.2. The van der Waals surface area contributed by atoms with Gasteiger partial charge in [0, 0.05) is 37.8 Å². The Balaban J connectivity index is 1.38. The lowest BCUT2D eigenvalue weighted by molar-refractivity contribution is 0.0495. The van der Waals surface area contributed by atoms with Crippen molar-refractivity contribution in [1.82, 2.24) is 9.80 Å². The first-order valence-corrected chi connectivity index (χ1v) is 9.45. The summed E-state index contributed by atoms with van der Waals surface area (Å²) in [6, 6.07) is 6.18. The van der Waals surface area contributed by atoms with Crippen LogP contribution in [0.4, 0.5) is 0 Å². The molecule has 0 unspecified atom stereocenters. The van der Waals surface area contributed by atoms with Crippen molar-refractivity contribution < 1.29 is 14.3 Å². The maximum absolute atomic E-state index is 12.8. The Kier molecular flexibility index (Phi) is 4.59. The molecule has 136 valence electrons. The Bertz CT molecular complexity index is 640. The Morgan fingerprint density at radius 1 is 1.00 bits per heavy atom. The number of ether oxygens (including phenoxy) is 2. The topological polar surface area (TPSA) is 42.0 Å². The SMILES string of the molecule is COc1ccc(C(=O)N2CCN([C@H]3C[C@H]4CC[C@@H]3C4)CC2)cc1OC. The molecule has 1 aromatic carbocycles. The van der Waals surface area contributed by atoms with Gasteiger partial charge in [0.1, 0.15) is 0 Å². The molecular formula is C20H28N2O3. The molecule has 0 N–H and O–H groups in total. The minimum atomic E-state index is 0.0912. The van der Waals surface area contributed by atoms with Gasteiger partial charge in [-0.25, -0.2) is 0 Å². The molecular weight excluding hydrogens is 316 g/mol. The van der Waals surface area contributed by atoms with E-state index in [0.29, 0.717) is 17.1 Å². The highest BCUT2D eigenvalue weighted by Gasteiger charge is 2.42. The van der Waals surface area contributed by atoms with E-state index in [-0.39, 0.29) is 5.91 Å². The quantitative estimate of drug-likeness (QED) is 0.842. The molecule has 25 heavy (non-hydrogen) atoms. The van der Waals surface area contributed by atoms with Crippen molar-refractivity contribution in [2.45, 2.75) is 31.7 Å². The highest BCUT2D eigenvalue weighted by Crippen LogP contribution is 2.46. The number of benzene rings is 1. The second-order valence-electron chi connectivity index (χ2n) is 7.64. The van der Waals surface area contributed by atoms with Crippen LogP contribution in [-0.2, 0) is 0 Å². The summed E-state index contributed by atoms with van der Waals surface area (Å²) in [5.41, 5.74) is 0.672. The van der Waals surface area contributed by atoms with Crippen LogP contribution in [0.5, 0.6) is 11.5 Å². The van der Waals surface area contributed by atoms with Crippen molar-refractivity contribution in [2.24, 2.45) is 11.8 Å². The number of fused-ring (bicyclic) bond motifs is 2. The van der Waals surface area contributed by atoms with Crippen molar-refractivity contribution in [2.75, 3.05) is 40.4 Å². The van der Waals surface area contributed by atoms with Crippen molar-refractivity contribution in [1.29, 1.82) is 0 Å². The number of methoxy groups -OCH3 is 2. The monoisotopic (exact) mass is 344 g/mol. The highest BCUT2D eigenvalue weighted by molar-refractivity contribution is 5.95. The zero-order chi connectivity index (χ0) is 17.4. The van der Waals surface area contributed by atoms with Crippen molar-refractivity contribution in [3.63, 3.8) is 0 Å². The average Bonchev–Trinajstić information content (AvgIpc) is 3.30. The summed E-state index contributed by atoms with van der Waals surface area (Å²) >= 11 is 0. The minimum absolute atomic E-state index is 0.0912. The van der Waals surface area contributed by atoms with Gasteiger partial charge in [-0.05, 0) is 49.3 Å². The van der Waals surface area contributed by atoms with Crippen LogP contribution in [0, 0.1) is 11.8 Å². The number of hydrogen-bond acceptors (Lipinski definition) is 4. The number of rotatable bonds is 4. The van der Waals surface area contributed by atoms with Gasteiger partial charge in [-0.2, -0.15) is 0 Å². The molecule has 2 bridgehead atoms. The second kappa shape index (κ2) is 6.87. The Morgan fingerprint density at radius 2 is 1.76 bits per heavy atom. The van der Waals surface area contributed by atoms with Gasteiger partial charge in [0.2, 0.25) is 0 Å². The number of piperazine rings is 1. The molecule has 0 spiro atoms. The predicted molar refractivity (Wildman–Crippen MR) is 96.3 cm³/mol. The fraction of sp³-hybridized carbons (Fsp3) is 0.650. The lowest BCUT2D eigenvalue weighted by atomic mass is 9.93. The largest absolute Gasteiger partial charge is 0.493 e. The Labute approximate surface area is 149 Å². The standard InChI is InChI=1S/C20H28N2O3/c1-24-18-6-5-16(13-19(18)25-2)20(23)22-9-7-21(8-10-22)17-12-14-3-4-15(17)11-14/h5-6,13-15,17H,3-4,7-12H2,1-2H3/t14-,15+,17-/m0/s1. The molecule has 3 aliphatic rings. The third-order valence-corrected chi connectivity index (χ3v) is 6.40. The molecule has 2 aliphatic carbocycles. The van der Waals surface area contributed by atoms with Gasteiger partial charge in [-0.15, -0.1) is 0 Å². The molecule has 1 saturated heterocycles. The van der Waals surface area contributed by atoms with Crippen LogP contribution in [-0.4, -0.2) is 62.1 Å². The predicted octanol–water partition coefficient (Wildman–Crippen LogP) is 2.65. The molecule has 4 rings (SSSR count). The van der Waals surface area contributed by atoms with Crippen LogP contribution in [0.2, 0.25) is 0 Å². The molecule has 3 atom stereocenters. The first-order valence-electron chi connectivity index (χ1n) is 9.45. The Hall–Kier alpha value is -1.75. The molecule has 5 nitrogen and oxygen atoms in total. The second-order valence-corrected chi connectivity index (χ2v) is 7.64. The number of carbonyl (C=O) groups excluding carboxylic acids is 1. The summed E-state index contributed by atoms with van der Waals surface area (Å²) in [5.74, 6) is 3.24. The lowest BCUT2D eigenvalue weighted by Crippen LogP contribution is -2.53. The molecule has 3 fully saturated rings. The van der Waals surface area contributed by atoms with Crippen molar-refractivity contribution >= 4 is 5.91 Å². The van der Waals surface area contributed by atoms with E-state index in [1.807, 2.05) is 11.0 Å². The summed E-state index contributed by atoms with van der Waals surface area (Å²) in [5, 5.41) is 0. The molecule has 0 aromatic heterocycles. The van der Waals surface area contributed by atoms with Gasteiger partial charge in [0.05, 0.1) is 14.2 Å². The van der Waals surface area contributed by atoms with Crippen LogP contribution in [0.25, 0.3) is 0 Å². The Morgan fingerprint density at radius 3 is 2.36 bits per heavy atom. The van der Waals surface area contributed by atoms with E-state index in [2.05, 4.69) is 4.90 Å². The molecule has 2 saturated carbocycles. The van der Waals surface area contributed by atoms with Crippen LogP contribution in [0.3, 0.4) is 0 Å². The summed E-state index contributed by atoms with van der Waals surface area (Å²) < 4.78 is 10.6. The smallest absolute Gasteiger partial charge is 0.254 e. The maximum Gasteiger partial charge on any atom is 0.254 e. The third kappa shape index (κ3) is 3.10. The fourth-order valence-corrected chi connectivity index (χ4v) is 5.07.